The Kier molecular flexibility index (Phi) is 3.29. The van der Waals surface area contributed by atoms with Crippen molar-refractivity contribution in [1.29, 1.82) is 0 Å². The predicted molar refractivity (Wildman–Crippen MR) is 53.2 cm³/mol. The van der Waals surface area contributed by atoms with Crippen LogP contribution in [0.4, 0.5) is 8.78 Å². The lowest BCUT2D eigenvalue weighted by atomic mass is 9.75. The largest absolute Gasteiger partial charge is 0.481 e. The lowest BCUT2D eigenvalue weighted by Gasteiger charge is -2.39. The molecule has 1 fully saturated rings. The third-order valence-electron chi connectivity index (χ3n) is 3.03. The SMILES string of the molecule is CCCC1(C(=O)O)CCS(=O)(=O)CC1(F)F. The normalized spacial score (nSPS) is 32.2. The molecule has 0 aromatic heterocycles. The highest BCUT2D eigenvalue weighted by Gasteiger charge is 2.62. The van der Waals surface area contributed by atoms with E-state index < -0.39 is 45.1 Å². The highest BCUT2D eigenvalue weighted by molar-refractivity contribution is 7.91. The molecule has 1 heterocycles. The molecule has 0 aromatic carbocycles. The zero-order valence-electron chi connectivity index (χ0n) is 8.87. The van der Waals surface area contributed by atoms with Gasteiger partial charge in [0.15, 0.2) is 9.84 Å². The molecule has 0 radical (unpaired) electrons. The third kappa shape index (κ3) is 2.05. The standard InChI is InChI=1S/C9H14F2O4S/c1-2-3-8(7(12)13)4-5-16(14,15)6-9(8,10)11/h2-6H2,1H3,(H,12,13). The van der Waals surface area contributed by atoms with Crippen LogP contribution in [0.2, 0.25) is 0 Å². The molecule has 1 saturated heterocycles. The number of hydrogen-bond donors (Lipinski definition) is 1. The van der Waals surface area contributed by atoms with Crippen molar-refractivity contribution in [2.24, 2.45) is 5.41 Å². The minimum atomic E-state index is -3.83. The molecule has 0 saturated carbocycles. The van der Waals surface area contributed by atoms with Crippen molar-refractivity contribution in [3.8, 4) is 0 Å². The fourth-order valence-corrected chi connectivity index (χ4v) is 3.74. The van der Waals surface area contributed by atoms with Crippen molar-refractivity contribution < 1.29 is 27.1 Å². The molecule has 94 valence electrons. The summed E-state index contributed by atoms with van der Waals surface area (Å²) in [5.41, 5.74) is -2.22. The summed E-state index contributed by atoms with van der Waals surface area (Å²) >= 11 is 0. The van der Waals surface area contributed by atoms with Crippen LogP contribution in [0.15, 0.2) is 0 Å². The molecule has 1 rings (SSSR count). The number of rotatable bonds is 3. The predicted octanol–water partition coefficient (Wildman–Crippen LogP) is 1.31. The Morgan fingerprint density at radius 1 is 1.44 bits per heavy atom. The maximum Gasteiger partial charge on any atom is 0.315 e. The number of carbonyl (C=O) groups is 1. The van der Waals surface area contributed by atoms with Crippen LogP contribution in [0.1, 0.15) is 26.2 Å². The van der Waals surface area contributed by atoms with E-state index in [2.05, 4.69) is 0 Å². The molecular weight excluding hydrogens is 242 g/mol. The monoisotopic (exact) mass is 256 g/mol. The van der Waals surface area contributed by atoms with Crippen molar-refractivity contribution in [1.82, 2.24) is 0 Å². The number of aliphatic carboxylic acids is 1. The first kappa shape index (κ1) is 13.3. The van der Waals surface area contributed by atoms with E-state index in [9.17, 15) is 22.0 Å². The van der Waals surface area contributed by atoms with Gasteiger partial charge in [-0.1, -0.05) is 13.3 Å². The average molecular weight is 256 g/mol. The van der Waals surface area contributed by atoms with Crippen molar-refractivity contribution in [2.45, 2.75) is 32.1 Å². The van der Waals surface area contributed by atoms with E-state index in [0.29, 0.717) is 0 Å². The van der Waals surface area contributed by atoms with Crippen LogP contribution in [0.3, 0.4) is 0 Å². The van der Waals surface area contributed by atoms with Gasteiger partial charge in [-0.2, -0.15) is 0 Å². The minimum absolute atomic E-state index is 0.204. The zero-order chi connectivity index (χ0) is 12.6. The van der Waals surface area contributed by atoms with Gasteiger partial charge in [-0.15, -0.1) is 0 Å². The summed E-state index contributed by atoms with van der Waals surface area (Å²) in [5, 5.41) is 8.95. The smallest absolute Gasteiger partial charge is 0.315 e. The van der Waals surface area contributed by atoms with E-state index in [1.165, 1.54) is 0 Å². The number of halogens is 2. The van der Waals surface area contributed by atoms with E-state index in [4.69, 9.17) is 5.11 Å². The molecule has 0 bridgehead atoms. The van der Waals surface area contributed by atoms with E-state index in [1.54, 1.807) is 6.92 Å². The zero-order valence-corrected chi connectivity index (χ0v) is 9.69. The summed E-state index contributed by atoms with van der Waals surface area (Å²) in [6, 6.07) is 0. The average Bonchev–Trinajstić information content (AvgIpc) is 2.07. The summed E-state index contributed by atoms with van der Waals surface area (Å²) in [5.74, 6) is -7.12. The second kappa shape index (κ2) is 3.94. The quantitative estimate of drug-likeness (QED) is 0.826. The lowest BCUT2D eigenvalue weighted by Crippen LogP contribution is -2.56. The summed E-state index contributed by atoms with van der Waals surface area (Å²) < 4.78 is 49.6. The van der Waals surface area contributed by atoms with Gasteiger partial charge in [0.25, 0.3) is 5.92 Å². The van der Waals surface area contributed by atoms with Crippen LogP contribution in [0, 0.1) is 5.41 Å². The van der Waals surface area contributed by atoms with Crippen LogP contribution < -0.4 is 0 Å². The van der Waals surface area contributed by atoms with Gasteiger partial charge in [-0.3, -0.25) is 4.79 Å². The fourth-order valence-electron chi connectivity index (χ4n) is 2.10. The van der Waals surface area contributed by atoms with Crippen molar-refractivity contribution in [3.63, 3.8) is 0 Å². The Labute approximate surface area is 92.6 Å². The molecule has 16 heavy (non-hydrogen) atoms. The first-order valence-electron chi connectivity index (χ1n) is 4.98. The first-order chi connectivity index (χ1) is 7.17. The molecule has 1 aliphatic rings. The molecule has 0 amide bonds. The summed E-state index contributed by atoms with van der Waals surface area (Å²) in [7, 11) is -3.83. The lowest BCUT2D eigenvalue weighted by molar-refractivity contribution is -0.178. The molecule has 1 N–H and O–H groups in total. The van der Waals surface area contributed by atoms with Crippen LogP contribution in [-0.4, -0.2) is 36.9 Å². The highest BCUT2D eigenvalue weighted by atomic mass is 32.2. The molecule has 0 aromatic rings. The van der Waals surface area contributed by atoms with Crippen LogP contribution in [-0.2, 0) is 14.6 Å². The van der Waals surface area contributed by atoms with Gasteiger partial charge >= 0.3 is 5.97 Å². The number of carboxylic acids is 1. The Bertz CT molecular complexity index is 390. The summed E-state index contributed by atoms with van der Waals surface area (Å²) in [4.78, 5) is 11.0. The Morgan fingerprint density at radius 2 is 2.00 bits per heavy atom. The van der Waals surface area contributed by atoms with Gasteiger partial charge in [-0.05, 0) is 12.8 Å². The topological polar surface area (TPSA) is 71.4 Å². The van der Waals surface area contributed by atoms with Gasteiger partial charge in [0.05, 0.1) is 5.75 Å². The summed E-state index contributed by atoms with van der Waals surface area (Å²) in [6.45, 7) is 1.60. The number of carboxylic acid groups (broad SMARTS) is 1. The molecular formula is C9H14F2O4S. The molecule has 7 heteroatoms. The van der Waals surface area contributed by atoms with Gasteiger partial charge in [-0.25, -0.2) is 17.2 Å². The Balaban J connectivity index is 3.16. The molecule has 1 atom stereocenters. The minimum Gasteiger partial charge on any atom is -0.481 e. The second-order valence-electron chi connectivity index (χ2n) is 4.18. The highest BCUT2D eigenvalue weighted by Crippen LogP contribution is 2.48. The summed E-state index contributed by atoms with van der Waals surface area (Å²) in [6.07, 6.45) is -0.432. The Morgan fingerprint density at radius 3 is 2.38 bits per heavy atom. The number of alkyl halides is 2. The van der Waals surface area contributed by atoms with Gasteiger partial charge < -0.3 is 5.11 Å². The van der Waals surface area contributed by atoms with Crippen molar-refractivity contribution in [2.75, 3.05) is 11.5 Å². The molecule has 1 unspecified atom stereocenters. The van der Waals surface area contributed by atoms with Gasteiger partial charge in [0.1, 0.15) is 11.2 Å². The van der Waals surface area contributed by atoms with E-state index in [-0.39, 0.29) is 12.8 Å². The van der Waals surface area contributed by atoms with Crippen LogP contribution in [0.5, 0.6) is 0 Å². The second-order valence-corrected chi connectivity index (χ2v) is 6.37. The number of sulfone groups is 1. The van der Waals surface area contributed by atoms with Crippen LogP contribution >= 0.6 is 0 Å². The van der Waals surface area contributed by atoms with Crippen LogP contribution in [0.25, 0.3) is 0 Å². The molecule has 1 aliphatic heterocycles. The van der Waals surface area contributed by atoms with E-state index in [1.807, 2.05) is 0 Å². The molecule has 0 aliphatic carbocycles. The van der Waals surface area contributed by atoms with Gasteiger partial charge in [0.2, 0.25) is 0 Å². The van der Waals surface area contributed by atoms with E-state index >= 15 is 0 Å². The molecule has 0 spiro atoms. The van der Waals surface area contributed by atoms with Crippen molar-refractivity contribution >= 4 is 15.8 Å². The molecule has 4 nitrogen and oxygen atoms in total. The Hall–Kier alpha value is -0.720. The van der Waals surface area contributed by atoms with E-state index in [0.717, 1.165) is 0 Å². The van der Waals surface area contributed by atoms with Crippen molar-refractivity contribution in [3.05, 3.63) is 0 Å². The fraction of sp³-hybridized carbons (Fsp3) is 0.889. The third-order valence-corrected chi connectivity index (χ3v) is 4.66. The first-order valence-corrected chi connectivity index (χ1v) is 6.81. The van der Waals surface area contributed by atoms with Gasteiger partial charge in [0, 0.05) is 0 Å². The number of hydrogen-bond acceptors (Lipinski definition) is 3. The maximum atomic E-state index is 13.7. The maximum absolute atomic E-state index is 13.7.